The second kappa shape index (κ2) is 8.60. The van der Waals surface area contributed by atoms with Crippen molar-refractivity contribution in [1.29, 1.82) is 0 Å². The number of nitrogens with zero attached hydrogens (tertiary/aromatic N) is 1. The van der Waals surface area contributed by atoms with E-state index in [9.17, 15) is 13.2 Å². The highest BCUT2D eigenvalue weighted by Crippen LogP contribution is 2.25. The second-order valence-corrected chi connectivity index (χ2v) is 9.61. The van der Waals surface area contributed by atoms with Gasteiger partial charge in [0.25, 0.3) is 10.0 Å². The average molecular weight is 426 g/mol. The number of benzene rings is 2. The Morgan fingerprint density at radius 2 is 1.90 bits per heavy atom. The highest BCUT2D eigenvalue weighted by molar-refractivity contribution is 7.90. The van der Waals surface area contributed by atoms with Crippen LogP contribution in [-0.4, -0.2) is 26.7 Å². The lowest BCUT2D eigenvalue weighted by Gasteiger charge is -2.20. The van der Waals surface area contributed by atoms with Gasteiger partial charge in [-0.2, -0.15) is 0 Å². The Kier molecular flexibility index (Phi) is 5.90. The molecular formula is C23H27N3O3S. The van der Waals surface area contributed by atoms with Gasteiger partial charge < -0.3 is 5.32 Å². The molecule has 2 aromatic rings. The molecule has 0 saturated carbocycles. The number of amides is 1. The van der Waals surface area contributed by atoms with Crippen LogP contribution in [0.2, 0.25) is 0 Å². The van der Waals surface area contributed by atoms with Crippen LogP contribution >= 0.6 is 0 Å². The summed E-state index contributed by atoms with van der Waals surface area (Å²) in [5, 5.41) is 3.06. The van der Waals surface area contributed by atoms with E-state index in [1.807, 2.05) is 6.92 Å². The smallest absolute Gasteiger partial charge is 0.263 e. The maximum Gasteiger partial charge on any atom is 0.263 e. The van der Waals surface area contributed by atoms with E-state index in [0.717, 1.165) is 18.4 Å². The molecule has 0 radical (unpaired) electrons. The zero-order valence-electron chi connectivity index (χ0n) is 17.1. The molecule has 1 amide bonds. The summed E-state index contributed by atoms with van der Waals surface area (Å²) in [4.78, 5) is 17.0. The molecule has 2 aliphatic rings. The number of carbonyl (C=O) groups excluding carboxylic acids is 1. The van der Waals surface area contributed by atoms with Crippen molar-refractivity contribution in [3.63, 3.8) is 0 Å². The lowest BCUT2D eigenvalue weighted by atomic mass is 9.89. The number of sulfonamides is 1. The predicted molar refractivity (Wildman–Crippen MR) is 117 cm³/mol. The van der Waals surface area contributed by atoms with Crippen LogP contribution in [0.4, 0.5) is 0 Å². The minimum atomic E-state index is -3.52. The summed E-state index contributed by atoms with van der Waals surface area (Å²) in [5.74, 6) is 0.334. The summed E-state index contributed by atoms with van der Waals surface area (Å²) in [5.41, 5.74) is 4.57. The molecule has 0 saturated heterocycles. The molecule has 1 unspecified atom stereocenters. The van der Waals surface area contributed by atoms with Crippen LogP contribution in [0.25, 0.3) is 0 Å². The first-order valence-corrected chi connectivity index (χ1v) is 12.0. The van der Waals surface area contributed by atoms with Gasteiger partial charge in [-0.05, 0) is 67.9 Å². The average Bonchev–Trinajstić information content (AvgIpc) is 3.01. The van der Waals surface area contributed by atoms with Gasteiger partial charge in [0.05, 0.1) is 10.9 Å². The van der Waals surface area contributed by atoms with E-state index >= 15 is 0 Å². The van der Waals surface area contributed by atoms with Crippen molar-refractivity contribution < 1.29 is 13.2 Å². The molecule has 0 aromatic heterocycles. The third-order valence-electron chi connectivity index (χ3n) is 5.74. The van der Waals surface area contributed by atoms with Crippen molar-refractivity contribution in [3.05, 3.63) is 64.7 Å². The van der Waals surface area contributed by atoms with Gasteiger partial charge in [-0.1, -0.05) is 30.3 Å². The molecule has 158 valence electrons. The van der Waals surface area contributed by atoms with Crippen LogP contribution in [0.1, 0.15) is 60.9 Å². The molecule has 30 heavy (non-hydrogen) atoms. The first-order valence-electron chi connectivity index (χ1n) is 10.5. The van der Waals surface area contributed by atoms with E-state index in [2.05, 4.69) is 33.2 Å². The molecule has 1 heterocycles. The van der Waals surface area contributed by atoms with E-state index in [0.29, 0.717) is 30.8 Å². The fourth-order valence-corrected chi connectivity index (χ4v) is 5.35. The largest absolute Gasteiger partial charge is 0.350 e. The van der Waals surface area contributed by atoms with Crippen molar-refractivity contribution in [1.82, 2.24) is 10.0 Å². The van der Waals surface area contributed by atoms with Crippen LogP contribution in [0, 0.1) is 0 Å². The summed E-state index contributed by atoms with van der Waals surface area (Å²) in [7, 11) is -3.52. The SMILES string of the molecule is CC(NC(=O)CCCN=C1NS(=O)(=O)c2ccccc21)c1ccc2c(c1)CCCC2. The van der Waals surface area contributed by atoms with Gasteiger partial charge in [-0.25, -0.2) is 8.42 Å². The van der Waals surface area contributed by atoms with Crippen LogP contribution in [0.3, 0.4) is 0 Å². The molecule has 0 fully saturated rings. The first kappa shape index (κ1) is 20.6. The Labute approximate surface area is 177 Å². The zero-order valence-corrected chi connectivity index (χ0v) is 18.0. The van der Waals surface area contributed by atoms with Gasteiger partial charge >= 0.3 is 0 Å². The molecule has 1 atom stereocenters. The normalized spacial score (nSPS) is 18.9. The Balaban J connectivity index is 1.29. The Bertz CT molecular complexity index is 1090. The number of fused-ring (bicyclic) bond motifs is 2. The van der Waals surface area contributed by atoms with Gasteiger partial charge in [-0.15, -0.1) is 0 Å². The van der Waals surface area contributed by atoms with Crippen molar-refractivity contribution in [2.75, 3.05) is 6.54 Å². The molecule has 7 heteroatoms. The van der Waals surface area contributed by atoms with Gasteiger partial charge in [0.2, 0.25) is 5.91 Å². The lowest BCUT2D eigenvalue weighted by Crippen LogP contribution is -2.27. The number of hydrogen-bond donors (Lipinski definition) is 2. The molecule has 2 N–H and O–H groups in total. The first-order chi connectivity index (χ1) is 14.4. The number of nitrogens with one attached hydrogen (secondary N) is 2. The standard InChI is InChI=1S/C23H27N3O3S/c1-16(18-13-12-17-7-2-3-8-19(17)15-18)25-22(27)11-6-14-24-23-20-9-4-5-10-21(20)30(28,29)26-23/h4-5,9-10,12-13,15-16H,2-3,6-8,11,14H2,1H3,(H,24,26)(H,25,27). The molecule has 0 spiro atoms. The van der Waals surface area contributed by atoms with E-state index in [-0.39, 0.29) is 16.8 Å². The van der Waals surface area contributed by atoms with Gasteiger partial charge in [-0.3, -0.25) is 14.5 Å². The maximum atomic E-state index is 12.3. The number of aryl methyl sites for hydroxylation is 2. The van der Waals surface area contributed by atoms with Crippen LogP contribution in [-0.2, 0) is 27.7 Å². The number of carbonyl (C=O) groups is 1. The minimum Gasteiger partial charge on any atom is -0.350 e. The highest BCUT2D eigenvalue weighted by atomic mass is 32.2. The number of rotatable bonds is 6. The van der Waals surface area contributed by atoms with E-state index in [4.69, 9.17) is 0 Å². The predicted octanol–water partition coefficient (Wildman–Crippen LogP) is 3.26. The summed E-state index contributed by atoms with van der Waals surface area (Å²) in [6, 6.07) is 13.3. The molecule has 2 aromatic carbocycles. The molecule has 1 aliphatic carbocycles. The Hall–Kier alpha value is -2.67. The second-order valence-electron chi connectivity index (χ2n) is 7.96. The van der Waals surface area contributed by atoms with Gasteiger partial charge in [0, 0.05) is 18.5 Å². The number of amidine groups is 1. The Morgan fingerprint density at radius 1 is 1.13 bits per heavy atom. The molecule has 6 nitrogen and oxygen atoms in total. The molecular weight excluding hydrogens is 398 g/mol. The highest BCUT2D eigenvalue weighted by Gasteiger charge is 2.29. The van der Waals surface area contributed by atoms with Crippen LogP contribution in [0.15, 0.2) is 52.4 Å². The van der Waals surface area contributed by atoms with Crippen LogP contribution in [0.5, 0.6) is 0 Å². The summed E-state index contributed by atoms with van der Waals surface area (Å²) < 4.78 is 26.7. The minimum absolute atomic E-state index is 0.0205. The topological polar surface area (TPSA) is 87.6 Å². The summed E-state index contributed by atoms with van der Waals surface area (Å²) in [6.45, 7) is 2.39. The van der Waals surface area contributed by atoms with Gasteiger partial charge in [0.1, 0.15) is 5.84 Å². The lowest BCUT2D eigenvalue weighted by molar-refractivity contribution is -0.121. The van der Waals surface area contributed by atoms with Crippen LogP contribution < -0.4 is 10.0 Å². The molecule has 4 rings (SSSR count). The fraction of sp³-hybridized carbons (Fsp3) is 0.391. The monoisotopic (exact) mass is 425 g/mol. The van der Waals surface area contributed by atoms with E-state index < -0.39 is 10.0 Å². The summed E-state index contributed by atoms with van der Waals surface area (Å²) >= 11 is 0. The third kappa shape index (κ3) is 4.41. The quantitative estimate of drug-likeness (QED) is 0.697. The number of aliphatic imine (C=N–C) groups is 1. The fourth-order valence-electron chi connectivity index (χ4n) is 4.10. The van der Waals surface area contributed by atoms with E-state index in [1.165, 1.54) is 24.0 Å². The van der Waals surface area contributed by atoms with Crippen molar-refractivity contribution >= 4 is 21.8 Å². The third-order valence-corrected chi connectivity index (χ3v) is 7.14. The van der Waals surface area contributed by atoms with Crippen molar-refractivity contribution in [2.45, 2.75) is 56.4 Å². The maximum absolute atomic E-state index is 12.3. The van der Waals surface area contributed by atoms with Gasteiger partial charge in [0.15, 0.2) is 0 Å². The zero-order chi connectivity index (χ0) is 21.1. The van der Waals surface area contributed by atoms with Crippen molar-refractivity contribution in [3.8, 4) is 0 Å². The Morgan fingerprint density at radius 3 is 2.73 bits per heavy atom. The van der Waals surface area contributed by atoms with E-state index in [1.54, 1.807) is 24.3 Å². The molecule has 0 bridgehead atoms. The summed E-state index contributed by atoms with van der Waals surface area (Å²) in [6.07, 6.45) is 5.67. The van der Waals surface area contributed by atoms with Crippen molar-refractivity contribution in [2.24, 2.45) is 4.99 Å². The number of hydrogen-bond acceptors (Lipinski definition) is 4. The molecule has 1 aliphatic heterocycles.